The number of hydrogen-bond acceptors (Lipinski definition) is 3. The second kappa shape index (κ2) is 10.5. The largest absolute Gasteiger partial charge is 0.434 e. The fraction of sp³-hybridized carbons (Fsp3) is 0.529. The summed E-state index contributed by atoms with van der Waals surface area (Å²) in [5.41, 5.74) is 1.55. The molecule has 0 spiro atoms. The number of carbonyl (C=O) groups is 1. The molecule has 25 heavy (non-hydrogen) atoms. The van der Waals surface area contributed by atoms with Crippen molar-refractivity contribution in [2.24, 2.45) is 10.9 Å². The molecule has 0 fully saturated rings. The van der Waals surface area contributed by atoms with E-state index in [-0.39, 0.29) is 24.1 Å². The zero-order valence-electron chi connectivity index (χ0n) is 15.0. The van der Waals surface area contributed by atoms with Crippen LogP contribution in [0.1, 0.15) is 25.0 Å². The standard InChI is InChI=1S/C17H26F2N4O2/c1-11(2)15(24)21-7-8-22-17(20-4)23-10-13-9-12(3)5-6-14(13)25-16(18)19/h5-6,9,11,16H,7-8,10H2,1-4H3,(H,21,24)(H2,20,22,23). The Morgan fingerprint density at radius 2 is 1.88 bits per heavy atom. The molecule has 0 unspecified atom stereocenters. The average molecular weight is 356 g/mol. The first-order chi connectivity index (χ1) is 11.8. The number of guanidine groups is 1. The molecule has 6 nitrogen and oxygen atoms in total. The SMILES string of the molecule is CN=C(NCCNC(=O)C(C)C)NCc1cc(C)ccc1OC(F)F. The van der Waals surface area contributed by atoms with E-state index in [1.165, 1.54) is 6.07 Å². The second-order valence-corrected chi connectivity index (χ2v) is 5.79. The Hall–Kier alpha value is -2.38. The van der Waals surface area contributed by atoms with Crippen LogP contribution in [0.25, 0.3) is 0 Å². The fourth-order valence-electron chi connectivity index (χ4n) is 2.03. The Kier molecular flexibility index (Phi) is 8.66. The van der Waals surface area contributed by atoms with Gasteiger partial charge in [0.05, 0.1) is 0 Å². The number of carbonyl (C=O) groups excluding carboxylic acids is 1. The van der Waals surface area contributed by atoms with Crippen molar-refractivity contribution in [1.82, 2.24) is 16.0 Å². The van der Waals surface area contributed by atoms with E-state index < -0.39 is 6.61 Å². The van der Waals surface area contributed by atoms with Crippen molar-refractivity contribution < 1.29 is 18.3 Å². The Bertz CT molecular complexity index is 592. The van der Waals surface area contributed by atoms with Gasteiger partial charge in [0.1, 0.15) is 5.75 Å². The molecule has 0 saturated carbocycles. The highest BCUT2D eigenvalue weighted by Crippen LogP contribution is 2.21. The van der Waals surface area contributed by atoms with Gasteiger partial charge in [0.2, 0.25) is 5.91 Å². The topological polar surface area (TPSA) is 74.8 Å². The van der Waals surface area contributed by atoms with Crippen molar-refractivity contribution in [3.8, 4) is 5.75 Å². The van der Waals surface area contributed by atoms with Crippen LogP contribution < -0.4 is 20.7 Å². The summed E-state index contributed by atoms with van der Waals surface area (Å²) in [6.45, 7) is 3.88. The van der Waals surface area contributed by atoms with Gasteiger partial charge in [0, 0.05) is 38.2 Å². The quantitative estimate of drug-likeness (QED) is 0.379. The molecule has 0 aliphatic carbocycles. The Morgan fingerprint density at radius 3 is 2.48 bits per heavy atom. The first kappa shape index (κ1) is 20.7. The van der Waals surface area contributed by atoms with E-state index in [1.807, 2.05) is 20.8 Å². The minimum atomic E-state index is -2.87. The number of nitrogens with zero attached hydrogens (tertiary/aromatic N) is 1. The molecule has 0 bridgehead atoms. The molecule has 1 amide bonds. The zero-order chi connectivity index (χ0) is 18.8. The normalized spacial score (nSPS) is 11.6. The number of alkyl halides is 2. The molecule has 8 heteroatoms. The lowest BCUT2D eigenvalue weighted by molar-refractivity contribution is -0.123. The minimum absolute atomic E-state index is 0.0155. The lowest BCUT2D eigenvalue weighted by atomic mass is 10.1. The van der Waals surface area contributed by atoms with Crippen molar-refractivity contribution in [3.05, 3.63) is 29.3 Å². The maximum absolute atomic E-state index is 12.5. The lowest BCUT2D eigenvalue weighted by Gasteiger charge is -2.15. The average Bonchev–Trinajstić information content (AvgIpc) is 2.55. The second-order valence-electron chi connectivity index (χ2n) is 5.79. The number of rotatable bonds is 8. The van der Waals surface area contributed by atoms with Gasteiger partial charge in [0.15, 0.2) is 5.96 Å². The number of hydrogen-bond donors (Lipinski definition) is 3. The number of aliphatic imine (C=N–C) groups is 1. The monoisotopic (exact) mass is 356 g/mol. The zero-order valence-corrected chi connectivity index (χ0v) is 15.0. The molecule has 0 atom stereocenters. The van der Waals surface area contributed by atoms with Gasteiger partial charge in [-0.05, 0) is 13.0 Å². The van der Waals surface area contributed by atoms with Crippen LogP contribution in [0.2, 0.25) is 0 Å². The van der Waals surface area contributed by atoms with Crippen molar-refractivity contribution in [1.29, 1.82) is 0 Å². The van der Waals surface area contributed by atoms with Gasteiger partial charge in [0.25, 0.3) is 0 Å². The van der Waals surface area contributed by atoms with Crippen LogP contribution >= 0.6 is 0 Å². The highest BCUT2D eigenvalue weighted by molar-refractivity contribution is 5.80. The third kappa shape index (κ3) is 7.82. The molecule has 0 radical (unpaired) electrons. The molecule has 1 aromatic carbocycles. The van der Waals surface area contributed by atoms with Crippen LogP contribution in [0.15, 0.2) is 23.2 Å². The summed E-state index contributed by atoms with van der Waals surface area (Å²) in [5.74, 6) is 0.557. The number of amides is 1. The van der Waals surface area contributed by atoms with Gasteiger partial charge >= 0.3 is 6.61 Å². The van der Waals surface area contributed by atoms with Gasteiger partial charge in [-0.25, -0.2) is 0 Å². The number of halogens is 2. The maximum atomic E-state index is 12.5. The number of nitrogens with one attached hydrogen (secondary N) is 3. The highest BCUT2D eigenvalue weighted by atomic mass is 19.3. The molecule has 0 heterocycles. The van der Waals surface area contributed by atoms with Crippen LogP contribution in [0.4, 0.5) is 8.78 Å². The van der Waals surface area contributed by atoms with Gasteiger partial charge in [-0.3, -0.25) is 9.79 Å². The number of aryl methyl sites for hydroxylation is 1. The van der Waals surface area contributed by atoms with Gasteiger partial charge in [-0.1, -0.05) is 31.5 Å². The predicted octanol–water partition coefficient (Wildman–Crippen LogP) is 2.03. The molecule has 0 saturated heterocycles. The van der Waals surface area contributed by atoms with E-state index >= 15 is 0 Å². The minimum Gasteiger partial charge on any atom is -0.434 e. The third-order valence-electron chi connectivity index (χ3n) is 3.34. The van der Waals surface area contributed by atoms with Crippen LogP contribution in [-0.4, -0.2) is 38.6 Å². The molecule has 1 aromatic rings. The Balaban J connectivity index is 2.52. The molecule has 1 rings (SSSR count). The Labute approximate surface area is 147 Å². The van der Waals surface area contributed by atoms with Gasteiger partial charge in [-0.2, -0.15) is 8.78 Å². The van der Waals surface area contributed by atoms with Crippen LogP contribution in [0, 0.1) is 12.8 Å². The highest BCUT2D eigenvalue weighted by Gasteiger charge is 2.10. The molecule has 140 valence electrons. The predicted molar refractivity (Wildman–Crippen MR) is 93.9 cm³/mol. The molecule has 0 aliphatic rings. The summed E-state index contributed by atoms with van der Waals surface area (Å²) in [4.78, 5) is 15.5. The van der Waals surface area contributed by atoms with Crippen molar-refractivity contribution in [3.63, 3.8) is 0 Å². The number of benzene rings is 1. The summed E-state index contributed by atoms with van der Waals surface area (Å²) in [6, 6.07) is 5.02. The van der Waals surface area contributed by atoms with Crippen molar-refractivity contribution >= 4 is 11.9 Å². The summed E-state index contributed by atoms with van der Waals surface area (Å²) >= 11 is 0. The summed E-state index contributed by atoms with van der Waals surface area (Å²) in [7, 11) is 1.61. The van der Waals surface area contributed by atoms with Gasteiger partial charge in [-0.15, -0.1) is 0 Å². The summed E-state index contributed by atoms with van der Waals surface area (Å²) in [5, 5.41) is 8.87. The van der Waals surface area contributed by atoms with E-state index in [2.05, 4.69) is 25.7 Å². The lowest BCUT2D eigenvalue weighted by Crippen LogP contribution is -2.41. The van der Waals surface area contributed by atoms with E-state index in [0.717, 1.165) is 5.56 Å². The number of ether oxygens (including phenoxy) is 1. The summed E-state index contributed by atoms with van der Waals surface area (Å²) < 4.78 is 29.5. The Morgan fingerprint density at radius 1 is 1.20 bits per heavy atom. The first-order valence-electron chi connectivity index (χ1n) is 8.10. The first-order valence-corrected chi connectivity index (χ1v) is 8.10. The van der Waals surface area contributed by atoms with Crippen LogP contribution in [0.5, 0.6) is 5.75 Å². The van der Waals surface area contributed by atoms with E-state index in [0.29, 0.717) is 24.6 Å². The van der Waals surface area contributed by atoms with E-state index in [4.69, 9.17) is 0 Å². The maximum Gasteiger partial charge on any atom is 0.387 e. The van der Waals surface area contributed by atoms with E-state index in [1.54, 1.807) is 19.2 Å². The molecular weight excluding hydrogens is 330 g/mol. The third-order valence-corrected chi connectivity index (χ3v) is 3.34. The molecule has 0 aromatic heterocycles. The summed E-state index contributed by atoms with van der Waals surface area (Å²) in [6.07, 6.45) is 0. The van der Waals surface area contributed by atoms with Crippen LogP contribution in [-0.2, 0) is 11.3 Å². The van der Waals surface area contributed by atoms with Crippen LogP contribution in [0.3, 0.4) is 0 Å². The molecule has 0 aliphatic heterocycles. The smallest absolute Gasteiger partial charge is 0.387 e. The van der Waals surface area contributed by atoms with Crippen molar-refractivity contribution in [2.75, 3.05) is 20.1 Å². The van der Waals surface area contributed by atoms with Gasteiger partial charge < -0.3 is 20.7 Å². The molecular formula is C17H26F2N4O2. The molecule has 3 N–H and O–H groups in total. The van der Waals surface area contributed by atoms with Crippen molar-refractivity contribution in [2.45, 2.75) is 33.9 Å². The fourth-order valence-corrected chi connectivity index (χ4v) is 2.03. The van der Waals surface area contributed by atoms with E-state index in [9.17, 15) is 13.6 Å².